The summed E-state index contributed by atoms with van der Waals surface area (Å²) in [6.07, 6.45) is -3.72. The van der Waals surface area contributed by atoms with Crippen LogP contribution >= 0.6 is 43.2 Å². The molecular weight excluding hydrogens is 431 g/mol. The Kier molecular flexibility index (Phi) is 5.51. The second-order valence-electron chi connectivity index (χ2n) is 4.49. The molecule has 0 fully saturated rings. The van der Waals surface area contributed by atoms with Crippen LogP contribution in [0.15, 0.2) is 38.6 Å². The number of benzene rings is 1. The Labute approximate surface area is 141 Å². The summed E-state index contributed by atoms with van der Waals surface area (Å²) < 4.78 is 40.0. The van der Waals surface area contributed by atoms with Gasteiger partial charge in [0.05, 0.1) is 9.35 Å². The van der Waals surface area contributed by atoms with E-state index in [1.165, 1.54) is 12.1 Å². The average molecular weight is 443 g/mol. The SMILES string of the molecule is CNC(Cc1ccc(Br)s1)c1ccc(Br)c(C(F)(F)F)c1. The van der Waals surface area contributed by atoms with E-state index in [-0.39, 0.29) is 10.5 Å². The summed E-state index contributed by atoms with van der Waals surface area (Å²) in [4.78, 5) is 1.11. The van der Waals surface area contributed by atoms with Crippen LogP contribution < -0.4 is 5.32 Å². The maximum Gasteiger partial charge on any atom is 0.417 e. The molecule has 1 nitrogen and oxygen atoms in total. The van der Waals surface area contributed by atoms with E-state index < -0.39 is 11.7 Å². The number of nitrogens with one attached hydrogen (secondary N) is 1. The molecule has 0 spiro atoms. The normalized spacial score (nSPS) is 13.4. The molecule has 7 heteroatoms. The maximum absolute atomic E-state index is 13.0. The van der Waals surface area contributed by atoms with Crippen LogP contribution in [0.2, 0.25) is 0 Å². The lowest BCUT2D eigenvalue weighted by atomic mass is 10.0. The minimum atomic E-state index is -4.36. The number of hydrogen-bond acceptors (Lipinski definition) is 2. The highest BCUT2D eigenvalue weighted by Crippen LogP contribution is 2.37. The summed E-state index contributed by atoms with van der Waals surface area (Å²) in [6.45, 7) is 0. The van der Waals surface area contributed by atoms with Gasteiger partial charge >= 0.3 is 6.18 Å². The summed E-state index contributed by atoms with van der Waals surface area (Å²) in [5.41, 5.74) is -0.0230. The van der Waals surface area contributed by atoms with E-state index in [9.17, 15) is 13.2 Å². The Bertz CT molecular complexity index is 625. The van der Waals surface area contributed by atoms with Crippen molar-refractivity contribution in [2.75, 3.05) is 7.05 Å². The average Bonchev–Trinajstić information content (AvgIpc) is 2.81. The Morgan fingerprint density at radius 1 is 1.19 bits per heavy atom. The van der Waals surface area contributed by atoms with Crippen LogP contribution in [0.25, 0.3) is 0 Å². The van der Waals surface area contributed by atoms with Crippen molar-refractivity contribution in [2.45, 2.75) is 18.6 Å². The van der Waals surface area contributed by atoms with Crippen molar-refractivity contribution in [3.05, 3.63) is 54.6 Å². The molecule has 0 bridgehead atoms. The summed E-state index contributed by atoms with van der Waals surface area (Å²) in [7, 11) is 1.75. The molecule has 0 saturated heterocycles. The molecule has 1 heterocycles. The van der Waals surface area contributed by atoms with E-state index in [4.69, 9.17) is 0 Å². The number of hydrogen-bond donors (Lipinski definition) is 1. The van der Waals surface area contributed by atoms with Crippen LogP contribution in [0, 0.1) is 0 Å². The van der Waals surface area contributed by atoms with Crippen molar-refractivity contribution in [3.8, 4) is 0 Å². The fraction of sp³-hybridized carbons (Fsp3) is 0.286. The third-order valence-electron chi connectivity index (χ3n) is 3.08. The van der Waals surface area contributed by atoms with Gasteiger partial charge in [-0.2, -0.15) is 13.2 Å². The molecule has 1 unspecified atom stereocenters. The van der Waals surface area contributed by atoms with Crippen molar-refractivity contribution in [1.82, 2.24) is 5.32 Å². The summed E-state index contributed by atoms with van der Waals surface area (Å²) >= 11 is 7.94. The predicted molar refractivity (Wildman–Crippen MR) is 86.7 cm³/mol. The highest BCUT2D eigenvalue weighted by atomic mass is 79.9. The number of rotatable bonds is 4. The predicted octanol–water partition coefficient (Wildman–Crippen LogP) is 5.80. The van der Waals surface area contributed by atoms with Gasteiger partial charge in [0, 0.05) is 21.8 Å². The monoisotopic (exact) mass is 441 g/mol. The van der Waals surface area contributed by atoms with E-state index >= 15 is 0 Å². The first-order valence-electron chi connectivity index (χ1n) is 6.09. The second kappa shape index (κ2) is 6.81. The van der Waals surface area contributed by atoms with Gasteiger partial charge in [0.1, 0.15) is 0 Å². The third kappa shape index (κ3) is 4.31. The topological polar surface area (TPSA) is 12.0 Å². The zero-order valence-corrected chi connectivity index (χ0v) is 15.0. The highest BCUT2D eigenvalue weighted by molar-refractivity contribution is 9.11. The van der Waals surface area contributed by atoms with Crippen LogP contribution in [0.4, 0.5) is 13.2 Å². The van der Waals surface area contributed by atoms with E-state index in [2.05, 4.69) is 37.2 Å². The first-order valence-corrected chi connectivity index (χ1v) is 8.49. The largest absolute Gasteiger partial charge is 0.417 e. The number of thiophene rings is 1. The lowest BCUT2D eigenvalue weighted by Gasteiger charge is -2.18. The molecule has 0 saturated carbocycles. The minimum Gasteiger partial charge on any atom is -0.313 e. The van der Waals surface area contributed by atoms with Crippen molar-refractivity contribution >= 4 is 43.2 Å². The molecule has 2 aromatic rings. The Morgan fingerprint density at radius 3 is 2.43 bits per heavy atom. The lowest BCUT2D eigenvalue weighted by molar-refractivity contribution is -0.138. The zero-order valence-electron chi connectivity index (χ0n) is 11.0. The van der Waals surface area contributed by atoms with Gasteiger partial charge in [0.15, 0.2) is 0 Å². The molecule has 114 valence electrons. The summed E-state index contributed by atoms with van der Waals surface area (Å²) in [5, 5.41) is 3.08. The lowest BCUT2D eigenvalue weighted by Crippen LogP contribution is -2.19. The van der Waals surface area contributed by atoms with Gasteiger partial charge in [-0.3, -0.25) is 0 Å². The van der Waals surface area contributed by atoms with Gasteiger partial charge in [0.25, 0.3) is 0 Å². The number of halogens is 5. The van der Waals surface area contributed by atoms with Gasteiger partial charge in [-0.25, -0.2) is 0 Å². The van der Waals surface area contributed by atoms with E-state index in [0.717, 1.165) is 8.66 Å². The first-order chi connectivity index (χ1) is 9.81. The zero-order chi connectivity index (χ0) is 15.6. The molecule has 0 aliphatic carbocycles. The van der Waals surface area contributed by atoms with Gasteiger partial charge < -0.3 is 5.32 Å². The van der Waals surface area contributed by atoms with Crippen LogP contribution in [-0.4, -0.2) is 7.05 Å². The van der Waals surface area contributed by atoms with E-state index in [1.807, 2.05) is 12.1 Å². The van der Waals surface area contributed by atoms with Crippen LogP contribution in [0.3, 0.4) is 0 Å². The van der Waals surface area contributed by atoms with Crippen LogP contribution in [0.5, 0.6) is 0 Å². The molecule has 1 aromatic carbocycles. The quantitative estimate of drug-likeness (QED) is 0.631. The molecule has 0 amide bonds. The smallest absolute Gasteiger partial charge is 0.313 e. The molecule has 0 aliphatic heterocycles. The van der Waals surface area contributed by atoms with Crippen molar-refractivity contribution in [2.24, 2.45) is 0 Å². The van der Waals surface area contributed by atoms with E-state index in [1.54, 1.807) is 24.5 Å². The molecule has 0 radical (unpaired) electrons. The van der Waals surface area contributed by atoms with Gasteiger partial charge in [-0.05, 0) is 52.8 Å². The molecule has 2 rings (SSSR count). The molecule has 1 N–H and O–H groups in total. The van der Waals surface area contributed by atoms with Crippen molar-refractivity contribution in [1.29, 1.82) is 0 Å². The van der Waals surface area contributed by atoms with Gasteiger partial charge in [-0.15, -0.1) is 11.3 Å². The van der Waals surface area contributed by atoms with Gasteiger partial charge in [0.2, 0.25) is 0 Å². The molecule has 21 heavy (non-hydrogen) atoms. The molecule has 1 atom stereocenters. The van der Waals surface area contributed by atoms with Crippen LogP contribution in [-0.2, 0) is 12.6 Å². The Balaban J connectivity index is 2.30. The fourth-order valence-electron chi connectivity index (χ4n) is 2.03. The molecule has 1 aromatic heterocycles. The number of alkyl halides is 3. The summed E-state index contributed by atoms with van der Waals surface area (Å²) in [6, 6.07) is 8.12. The Hall–Kier alpha value is -0.370. The fourth-order valence-corrected chi connectivity index (χ4v) is 4.03. The molecular formula is C14H12Br2F3NS. The second-order valence-corrected chi connectivity index (χ2v) is 7.89. The van der Waals surface area contributed by atoms with Crippen LogP contribution in [0.1, 0.15) is 22.0 Å². The highest BCUT2D eigenvalue weighted by Gasteiger charge is 2.33. The van der Waals surface area contributed by atoms with Crippen molar-refractivity contribution < 1.29 is 13.2 Å². The summed E-state index contributed by atoms with van der Waals surface area (Å²) in [5.74, 6) is 0. The Morgan fingerprint density at radius 2 is 1.90 bits per heavy atom. The molecule has 0 aliphatic rings. The maximum atomic E-state index is 13.0. The first kappa shape index (κ1) is 17.0. The standard InChI is InChI=1S/C14H12Br2F3NS/c1-20-12(7-9-3-5-13(16)21-9)8-2-4-11(15)10(6-8)14(17,18)19/h2-6,12,20H,7H2,1H3. The van der Waals surface area contributed by atoms with Gasteiger partial charge in [-0.1, -0.05) is 22.0 Å². The third-order valence-corrected chi connectivity index (χ3v) is 5.42. The number of likely N-dealkylation sites (N-methyl/N-ethyl adjacent to an activating group) is 1. The minimum absolute atomic E-state index is 0.0625. The van der Waals surface area contributed by atoms with Crippen molar-refractivity contribution in [3.63, 3.8) is 0 Å². The van der Waals surface area contributed by atoms with E-state index in [0.29, 0.717) is 12.0 Å².